The van der Waals surface area contributed by atoms with Crippen LogP contribution in [0.1, 0.15) is 35.6 Å². The van der Waals surface area contributed by atoms with Crippen molar-refractivity contribution in [1.82, 2.24) is 20.1 Å². The van der Waals surface area contributed by atoms with Gasteiger partial charge < -0.3 is 19.7 Å². The highest BCUT2D eigenvalue weighted by Gasteiger charge is 2.57. The molecule has 1 amide bonds. The quantitative estimate of drug-likeness (QED) is 0.128. The van der Waals surface area contributed by atoms with Crippen molar-refractivity contribution in [2.75, 3.05) is 39.4 Å². The van der Waals surface area contributed by atoms with Gasteiger partial charge in [-0.3, -0.25) is 15.0 Å². The van der Waals surface area contributed by atoms with Crippen LogP contribution in [0, 0.1) is 6.92 Å². The SMILES string of the molecule is Cc1ccc(SC2(C(O)NCCCN3CCOCC3)CC(=O)N(Cc3ccc(Cl)cc3)C2c2c[nH]c3cc(Cl)ccc23)cc1. The summed E-state index contributed by atoms with van der Waals surface area (Å²) >= 11 is 14.1. The zero-order valence-electron chi connectivity index (χ0n) is 24.8. The molecule has 44 heavy (non-hydrogen) atoms. The normalized spacial score (nSPS) is 21.8. The van der Waals surface area contributed by atoms with Crippen molar-refractivity contribution in [3.05, 3.63) is 99.7 Å². The van der Waals surface area contributed by atoms with E-state index in [1.54, 1.807) is 11.8 Å². The molecule has 2 saturated heterocycles. The van der Waals surface area contributed by atoms with Crippen molar-refractivity contribution in [1.29, 1.82) is 0 Å². The topological polar surface area (TPSA) is 80.8 Å². The number of carbonyl (C=O) groups is 1. The second-order valence-electron chi connectivity index (χ2n) is 11.7. The first-order valence-electron chi connectivity index (χ1n) is 15.1. The number of nitrogens with zero attached hydrogens (tertiary/aromatic N) is 2. The van der Waals surface area contributed by atoms with Crippen molar-refractivity contribution in [2.45, 2.75) is 48.2 Å². The lowest BCUT2D eigenvalue weighted by atomic mass is 9.90. The summed E-state index contributed by atoms with van der Waals surface area (Å²) in [5.41, 5.74) is 3.97. The van der Waals surface area contributed by atoms with Gasteiger partial charge in [-0.15, -0.1) is 11.8 Å². The number of amides is 1. The Kier molecular flexibility index (Phi) is 9.88. The van der Waals surface area contributed by atoms with E-state index in [1.165, 1.54) is 0 Å². The number of hydrogen-bond donors (Lipinski definition) is 3. The summed E-state index contributed by atoms with van der Waals surface area (Å²) in [7, 11) is 0. The summed E-state index contributed by atoms with van der Waals surface area (Å²) in [6.07, 6.45) is 2.04. The molecule has 10 heteroatoms. The van der Waals surface area contributed by atoms with Gasteiger partial charge in [-0.2, -0.15) is 0 Å². The van der Waals surface area contributed by atoms with Gasteiger partial charge in [0, 0.05) is 63.7 Å². The number of halogens is 2. The summed E-state index contributed by atoms with van der Waals surface area (Å²) in [6.45, 7) is 7.37. The van der Waals surface area contributed by atoms with E-state index in [4.69, 9.17) is 27.9 Å². The molecule has 2 fully saturated rings. The summed E-state index contributed by atoms with van der Waals surface area (Å²) in [6, 6.07) is 21.2. The molecule has 3 atom stereocenters. The number of hydrogen-bond acceptors (Lipinski definition) is 6. The largest absolute Gasteiger partial charge is 0.379 e. The van der Waals surface area contributed by atoms with Gasteiger partial charge in [-0.05, 0) is 68.4 Å². The Morgan fingerprint density at radius 3 is 2.55 bits per heavy atom. The molecule has 3 N–H and O–H groups in total. The van der Waals surface area contributed by atoms with Crippen molar-refractivity contribution in [2.24, 2.45) is 0 Å². The number of thioether (sulfide) groups is 1. The number of aryl methyl sites for hydroxylation is 1. The van der Waals surface area contributed by atoms with Gasteiger partial charge in [-0.25, -0.2) is 0 Å². The number of aromatic nitrogens is 1. The summed E-state index contributed by atoms with van der Waals surface area (Å²) < 4.78 is 4.56. The van der Waals surface area contributed by atoms with Crippen LogP contribution in [0.4, 0.5) is 0 Å². The van der Waals surface area contributed by atoms with E-state index in [9.17, 15) is 9.90 Å². The molecule has 3 heterocycles. The molecule has 2 aliphatic heterocycles. The maximum absolute atomic E-state index is 14.1. The van der Waals surface area contributed by atoms with E-state index in [1.807, 2.05) is 53.6 Å². The highest BCUT2D eigenvalue weighted by atomic mass is 35.5. The Hall–Kier alpha value is -2.56. The van der Waals surface area contributed by atoms with Gasteiger partial charge in [0.15, 0.2) is 0 Å². The fourth-order valence-corrected chi connectivity index (χ4v) is 8.11. The number of rotatable bonds is 11. The van der Waals surface area contributed by atoms with Crippen molar-refractivity contribution in [3.63, 3.8) is 0 Å². The maximum Gasteiger partial charge on any atom is 0.225 e. The average Bonchev–Trinajstić information content (AvgIpc) is 3.55. The van der Waals surface area contributed by atoms with E-state index in [2.05, 4.69) is 46.4 Å². The monoisotopic (exact) mass is 652 g/mol. The molecule has 0 bridgehead atoms. The molecule has 0 spiro atoms. The maximum atomic E-state index is 14.1. The lowest BCUT2D eigenvalue weighted by Gasteiger charge is -2.41. The first-order chi connectivity index (χ1) is 21.3. The number of morpholine rings is 1. The molecule has 7 nitrogen and oxygen atoms in total. The molecule has 0 aliphatic carbocycles. The third-order valence-corrected chi connectivity index (χ3v) is 10.6. The van der Waals surface area contributed by atoms with E-state index in [0.29, 0.717) is 23.1 Å². The number of aliphatic hydroxyl groups is 1. The Labute approximate surface area is 272 Å². The molecule has 1 aromatic heterocycles. The Morgan fingerprint density at radius 2 is 1.80 bits per heavy atom. The molecule has 6 rings (SSSR count). The third-order valence-electron chi connectivity index (χ3n) is 8.64. The molecule has 3 unspecified atom stereocenters. The van der Waals surface area contributed by atoms with Crippen LogP contribution in [0.3, 0.4) is 0 Å². The summed E-state index contributed by atoms with van der Waals surface area (Å²) in [4.78, 5) is 22.8. The van der Waals surface area contributed by atoms with Gasteiger partial charge in [0.2, 0.25) is 5.91 Å². The van der Waals surface area contributed by atoms with Gasteiger partial charge in [-0.1, -0.05) is 59.1 Å². The second kappa shape index (κ2) is 13.8. The summed E-state index contributed by atoms with van der Waals surface area (Å²) in [5, 5.41) is 17.9. The first-order valence-corrected chi connectivity index (χ1v) is 16.7. The van der Waals surface area contributed by atoms with Crippen molar-refractivity contribution < 1.29 is 14.6 Å². The number of nitrogens with one attached hydrogen (secondary N) is 2. The van der Waals surface area contributed by atoms with Crippen LogP contribution >= 0.6 is 35.0 Å². The van der Waals surface area contributed by atoms with Gasteiger partial charge in [0.25, 0.3) is 0 Å². The zero-order chi connectivity index (χ0) is 30.7. The minimum Gasteiger partial charge on any atom is -0.379 e. The lowest BCUT2D eigenvalue weighted by molar-refractivity contribution is -0.129. The minimum absolute atomic E-state index is 0.0120. The molecule has 0 saturated carbocycles. The zero-order valence-corrected chi connectivity index (χ0v) is 27.1. The third kappa shape index (κ3) is 6.82. The van der Waals surface area contributed by atoms with Crippen LogP contribution in [0.5, 0.6) is 0 Å². The highest BCUT2D eigenvalue weighted by Crippen LogP contribution is 2.55. The molecule has 3 aromatic carbocycles. The minimum atomic E-state index is -0.972. The number of H-pyrrole nitrogens is 1. The first kappa shape index (κ1) is 31.4. The fraction of sp³-hybridized carbons (Fsp3) is 0.382. The van der Waals surface area contributed by atoms with E-state index in [-0.39, 0.29) is 12.3 Å². The molecular weight excluding hydrogens is 615 g/mol. The van der Waals surface area contributed by atoms with Crippen LogP contribution in [-0.2, 0) is 16.1 Å². The Bertz CT molecular complexity index is 1580. The molecule has 4 aromatic rings. The number of likely N-dealkylation sites (tertiary alicyclic amines) is 1. The average molecular weight is 654 g/mol. The fourth-order valence-electron chi connectivity index (χ4n) is 6.35. The van der Waals surface area contributed by atoms with Crippen LogP contribution in [0.2, 0.25) is 10.0 Å². The predicted molar refractivity (Wildman–Crippen MR) is 178 cm³/mol. The molecule has 0 radical (unpaired) electrons. The number of carbonyl (C=O) groups excluding carboxylic acids is 1. The van der Waals surface area contributed by atoms with Crippen LogP contribution in [-0.4, -0.2) is 76.2 Å². The number of aliphatic hydroxyl groups excluding tert-OH is 1. The smallest absolute Gasteiger partial charge is 0.225 e. The highest BCUT2D eigenvalue weighted by molar-refractivity contribution is 8.00. The van der Waals surface area contributed by atoms with E-state index in [0.717, 1.165) is 71.8 Å². The Morgan fingerprint density at radius 1 is 1.07 bits per heavy atom. The molecule has 2 aliphatic rings. The Balaban J connectivity index is 1.38. The van der Waals surface area contributed by atoms with Gasteiger partial charge >= 0.3 is 0 Å². The van der Waals surface area contributed by atoms with Crippen molar-refractivity contribution >= 4 is 51.8 Å². The van der Waals surface area contributed by atoms with E-state index < -0.39 is 17.0 Å². The van der Waals surface area contributed by atoms with Gasteiger partial charge in [0.05, 0.1) is 24.0 Å². The van der Waals surface area contributed by atoms with Gasteiger partial charge in [0.1, 0.15) is 6.23 Å². The molecule has 232 valence electrons. The number of aromatic amines is 1. The number of ether oxygens (including phenoxy) is 1. The summed E-state index contributed by atoms with van der Waals surface area (Å²) in [5.74, 6) is -0.0120. The second-order valence-corrected chi connectivity index (χ2v) is 14.0. The lowest BCUT2D eigenvalue weighted by Crippen LogP contribution is -2.52. The van der Waals surface area contributed by atoms with Crippen LogP contribution in [0.15, 0.2) is 77.8 Å². The van der Waals surface area contributed by atoms with Crippen LogP contribution < -0.4 is 5.32 Å². The van der Waals surface area contributed by atoms with E-state index >= 15 is 0 Å². The van der Waals surface area contributed by atoms with Crippen molar-refractivity contribution in [3.8, 4) is 0 Å². The predicted octanol–water partition coefficient (Wildman–Crippen LogP) is 6.42. The standard InChI is InChI=1S/C34H38Cl2N4O3S/c1-23-3-10-27(11-4-23)44-34(33(42)37-13-2-14-39-15-17-43-18-16-39)20-31(41)40(22-24-5-7-25(35)8-6-24)32(34)29-21-38-30-19-26(36)9-12-28(29)30/h3-12,19,21,32-33,37-38,42H,2,13-18,20,22H2,1H3. The van der Waals surface area contributed by atoms with Crippen LogP contribution in [0.25, 0.3) is 10.9 Å². The molecular formula is C34H38Cl2N4O3S. The number of benzene rings is 3. The number of fused-ring (bicyclic) bond motifs is 1.